The van der Waals surface area contributed by atoms with Gasteiger partial charge >= 0.3 is 0 Å². The molecule has 0 bridgehead atoms. The molecule has 0 aromatic carbocycles. The van der Waals surface area contributed by atoms with Crippen molar-refractivity contribution in [1.29, 1.82) is 0 Å². The fourth-order valence-electron chi connectivity index (χ4n) is 4.26. The summed E-state index contributed by atoms with van der Waals surface area (Å²) < 4.78 is 0. The standard InChI is InChI=1S/C18H33N3O/c1-14(2)11-21-10-9-20(13-18(21)6-7-18)17(22)16-5-8-19(12-16)15(3)4/h14-16H,5-13H2,1-4H3/t16-/m1/s1. The first-order valence-corrected chi connectivity index (χ1v) is 9.19. The number of likely N-dealkylation sites (tertiary alicyclic amines) is 1. The van der Waals surface area contributed by atoms with Crippen LogP contribution in [-0.2, 0) is 4.79 Å². The fourth-order valence-corrected chi connectivity index (χ4v) is 4.26. The molecule has 0 aromatic rings. The Kier molecular flexibility index (Phi) is 4.52. The maximum atomic E-state index is 12.9. The van der Waals surface area contributed by atoms with Crippen LogP contribution in [0.1, 0.15) is 47.0 Å². The van der Waals surface area contributed by atoms with E-state index < -0.39 is 0 Å². The number of carbonyl (C=O) groups is 1. The van der Waals surface area contributed by atoms with Crippen LogP contribution in [0.3, 0.4) is 0 Å². The highest BCUT2D eigenvalue weighted by Gasteiger charge is 2.52. The molecule has 1 amide bonds. The van der Waals surface area contributed by atoms with Gasteiger partial charge in [-0.3, -0.25) is 9.69 Å². The largest absolute Gasteiger partial charge is 0.339 e. The molecule has 2 saturated heterocycles. The van der Waals surface area contributed by atoms with Gasteiger partial charge in [-0.15, -0.1) is 0 Å². The molecule has 3 aliphatic rings. The normalized spacial score (nSPS) is 29.0. The topological polar surface area (TPSA) is 26.8 Å². The van der Waals surface area contributed by atoms with Crippen molar-refractivity contribution < 1.29 is 4.79 Å². The summed E-state index contributed by atoms with van der Waals surface area (Å²) in [4.78, 5) is 20.2. The molecule has 126 valence electrons. The average Bonchev–Trinajstić information content (AvgIpc) is 3.03. The summed E-state index contributed by atoms with van der Waals surface area (Å²) in [5.41, 5.74) is 0.342. The zero-order chi connectivity index (χ0) is 15.9. The van der Waals surface area contributed by atoms with E-state index in [-0.39, 0.29) is 5.92 Å². The van der Waals surface area contributed by atoms with Gasteiger partial charge in [-0.1, -0.05) is 13.8 Å². The molecule has 3 rings (SSSR count). The Bertz CT molecular complexity index is 417. The third-order valence-corrected chi connectivity index (χ3v) is 5.82. The van der Waals surface area contributed by atoms with Crippen LogP contribution >= 0.6 is 0 Å². The van der Waals surface area contributed by atoms with Gasteiger partial charge in [0, 0.05) is 44.3 Å². The number of hydrogen-bond donors (Lipinski definition) is 0. The number of hydrogen-bond acceptors (Lipinski definition) is 3. The van der Waals surface area contributed by atoms with Crippen LogP contribution in [0.5, 0.6) is 0 Å². The molecule has 0 radical (unpaired) electrons. The minimum atomic E-state index is 0.245. The third kappa shape index (κ3) is 3.18. The molecule has 4 nitrogen and oxygen atoms in total. The first-order chi connectivity index (χ1) is 10.4. The highest BCUT2D eigenvalue weighted by atomic mass is 16.2. The van der Waals surface area contributed by atoms with Gasteiger partial charge in [0.25, 0.3) is 0 Å². The van der Waals surface area contributed by atoms with Crippen LogP contribution in [0.15, 0.2) is 0 Å². The van der Waals surface area contributed by atoms with E-state index in [1.54, 1.807) is 0 Å². The van der Waals surface area contributed by atoms with E-state index >= 15 is 0 Å². The molecule has 3 fully saturated rings. The smallest absolute Gasteiger partial charge is 0.227 e. The molecule has 0 unspecified atom stereocenters. The van der Waals surface area contributed by atoms with Crippen molar-refractivity contribution in [3.63, 3.8) is 0 Å². The van der Waals surface area contributed by atoms with Crippen LogP contribution in [-0.4, -0.2) is 71.5 Å². The summed E-state index contributed by atoms with van der Waals surface area (Å²) in [6, 6.07) is 0.565. The zero-order valence-electron chi connectivity index (χ0n) is 14.8. The van der Waals surface area contributed by atoms with Crippen molar-refractivity contribution in [3.8, 4) is 0 Å². The molecule has 0 N–H and O–H groups in total. The van der Waals surface area contributed by atoms with Crippen molar-refractivity contribution in [3.05, 3.63) is 0 Å². The van der Waals surface area contributed by atoms with Crippen molar-refractivity contribution in [2.24, 2.45) is 11.8 Å². The number of carbonyl (C=O) groups excluding carboxylic acids is 1. The first-order valence-electron chi connectivity index (χ1n) is 9.19. The third-order valence-electron chi connectivity index (χ3n) is 5.82. The minimum absolute atomic E-state index is 0.245. The van der Waals surface area contributed by atoms with Gasteiger partial charge in [-0.05, 0) is 45.6 Å². The molecule has 4 heteroatoms. The predicted octanol–water partition coefficient (Wildman–Crippen LogP) is 2.05. The summed E-state index contributed by atoms with van der Waals surface area (Å²) in [6.07, 6.45) is 3.62. The molecule has 2 heterocycles. The average molecular weight is 307 g/mol. The summed E-state index contributed by atoms with van der Waals surface area (Å²) in [5.74, 6) is 1.39. The highest BCUT2D eigenvalue weighted by molar-refractivity contribution is 5.79. The van der Waals surface area contributed by atoms with Gasteiger partial charge in [0.2, 0.25) is 5.91 Å². The van der Waals surface area contributed by atoms with E-state index in [1.165, 1.54) is 19.4 Å². The van der Waals surface area contributed by atoms with Gasteiger partial charge in [0.1, 0.15) is 0 Å². The second kappa shape index (κ2) is 6.12. The lowest BCUT2D eigenvalue weighted by Crippen LogP contribution is -2.58. The van der Waals surface area contributed by atoms with Crippen molar-refractivity contribution >= 4 is 5.91 Å². The summed E-state index contributed by atoms with van der Waals surface area (Å²) in [7, 11) is 0. The quantitative estimate of drug-likeness (QED) is 0.795. The zero-order valence-corrected chi connectivity index (χ0v) is 14.8. The van der Waals surface area contributed by atoms with Crippen LogP contribution in [0.4, 0.5) is 0 Å². The maximum Gasteiger partial charge on any atom is 0.227 e. The Balaban J connectivity index is 1.57. The van der Waals surface area contributed by atoms with E-state index in [9.17, 15) is 4.79 Å². The lowest BCUT2D eigenvalue weighted by molar-refractivity contribution is -0.139. The minimum Gasteiger partial charge on any atom is -0.339 e. The van der Waals surface area contributed by atoms with Crippen molar-refractivity contribution in [2.75, 3.05) is 39.3 Å². The predicted molar refractivity (Wildman–Crippen MR) is 89.8 cm³/mol. The van der Waals surface area contributed by atoms with Crippen LogP contribution in [0.25, 0.3) is 0 Å². The van der Waals surface area contributed by atoms with Gasteiger partial charge in [-0.2, -0.15) is 0 Å². The Labute approximate surface area is 135 Å². The van der Waals surface area contributed by atoms with Crippen molar-refractivity contribution in [2.45, 2.75) is 58.5 Å². The van der Waals surface area contributed by atoms with Crippen LogP contribution in [0, 0.1) is 11.8 Å². The molecule has 22 heavy (non-hydrogen) atoms. The fraction of sp³-hybridized carbons (Fsp3) is 0.944. The number of amides is 1. The second-order valence-corrected chi connectivity index (χ2v) is 8.40. The molecule has 1 spiro atoms. The Hall–Kier alpha value is -0.610. The Morgan fingerprint density at radius 1 is 1.14 bits per heavy atom. The van der Waals surface area contributed by atoms with Crippen LogP contribution < -0.4 is 0 Å². The second-order valence-electron chi connectivity index (χ2n) is 8.40. The monoisotopic (exact) mass is 307 g/mol. The maximum absolute atomic E-state index is 12.9. The van der Waals surface area contributed by atoms with Gasteiger partial charge in [0.05, 0.1) is 5.92 Å². The van der Waals surface area contributed by atoms with E-state index in [2.05, 4.69) is 42.4 Å². The number of piperazine rings is 1. The SMILES string of the molecule is CC(C)CN1CCN(C(=O)[C@@H]2CCN(C(C)C)C2)CC12CC2. The van der Waals surface area contributed by atoms with E-state index in [4.69, 9.17) is 0 Å². The van der Waals surface area contributed by atoms with Gasteiger partial charge in [-0.25, -0.2) is 0 Å². The summed E-state index contributed by atoms with van der Waals surface area (Å²) in [5, 5.41) is 0. The number of nitrogens with zero attached hydrogens (tertiary/aromatic N) is 3. The van der Waals surface area contributed by atoms with Gasteiger partial charge in [0.15, 0.2) is 0 Å². The lowest BCUT2D eigenvalue weighted by Gasteiger charge is -2.43. The van der Waals surface area contributed by atoms with E-state index in [0.717, 1.165) is 39.1 Å². The van der Waals surface area contributed by atoms with E-state index in [0.29, 0.717) is 23.4 Å². The van der Waals surface area contributed by atoms with Crippen LogP contribution in [0.2, 0.25) is 0 Å². The molecule has 0 aromatic heterocycles. The van der Waals surface area contributed by atoms with E-state index in [1.807, 2.05) is 0 Å². The molecule has 1 aliphatic carbocycles. The molecular formula is C18H33N3O. The molecule has 2 aliphatic heterocycles. The summed E-state index contributed by atoms with van der Waals surface area (Å²) >= 11 is 0. The Morgan fingerprint density at radius 3 is 2.41 bits per heavy atom. The lowest BCUT2D eigenvalue weighted by atomic mass is 10.0. The number of rotatable bonds is 4. The Morgan fingerprint density at radius 2 is 1.86 bits per heavy atom. The summed E-state index contributed by atoms with van der Waals surface area (Å²) in [6.45, 7) is 15.3. The molecular weight excluding hydrogens is 274 g/mol. The highest BCUT2D eigenvalue weighted by Crippen LogP contribution is 2.44. The first kappa shape index (κ1) is 16.3. The van der Waals surface area contributed by atoms with Gasteiger partial charge < -0.3 is 9.80 Å². The molecule has 1 saturated carbocycles. The van der Waals surface area contributed by atoms with Crippen molar-refractivity contribution in [1.82, 2.24) is 14.7 Å². The molecule has 1 atom stereocenters.